The highest BCUT2D eigenvalue weighted by Gasteiger charge is 2.51. The molecule has 3 N–H and O–H groups in total. The topological polar surface area (TPSA) is 160 Å². The first-order valence-electron chi connectivity index (χ1n) is 19.3. The Bertz CT molecular complexity index is 2210. The third kappa shape index (κ3) is 9.45. The van der Waals surface area contributed by atoms with E-state index in [4.69, 9.17) is 28.6 Å². The molecule has 2 atom stereocenters. The lowest BCUT2D eigenvalue weighted by Crippen LogP contribution is -2.47. The predicted octanol–water partition coefficient (Wildman–Crippen LogP) is 6.83. The number of amides is 4. The van der Waals surface area contributed by atoms with Crippen LogP contribution in [0.15, 0.2) is 48.7 Å². The van der Waals surface area contributed by atoms with Crippen molar-refractivity contribution >= 4 is 75.3 Å². The van der Waals surface area contributed by atoms with E-state index in [1.54, 1.807) is 43.0 Å². The molecule has 0 aliphatic carbocycles. The Morgan fingerprint density at radius 1 is 1.10 bits per heavy atom. The zero-order valence-electron chi connectivity index (χ0n) is 32.9. The second-order valence-corrected chi connectivity index (χ2v) is 16.1. The Morgan fingerprint density at radius 3 is 2.47 bits per heavy atom. The van der Waals surface area contributed by atoms with Crippen LogP contribution in [0, 0.1) is 17.2 Å². The van der Waals surface area contributed by atoms with E-state index in [0.717, 1.165) is 55.1 Å². The van der Waals surface area contributed by atoms with Crippen molar-refractivity contribution in [2.45, 2.75) is 90.0 Å². The summed E-state index contributed by atoms with van der Waals surface area (Å²) < 4.78 is 47.5. The van der Waals surface area contributed by atoms with Gasteiger partial charge >= 0.3 is 6.18 Å². The van der Waals surface area contributed by atoms with Crippen molar-refractivity contribution in [2.75, 3.05) is 40.1 Å². The summed E-state index contributed by atoms with van der Waals surface area (Å²) in [4.78, 5) is 59.1. The lowest BCUT2D eigenvalue weighted by atomic mass is 9.93. The summed E-state index contributed by atoms with van der Waals surface area (Å²) in [5.41, 5.74) is -1.02. The van der Waals surface area contributed by atoms with Crippen molar-refractivity contribution in [3.8, 4) is 11.8 Å². The van der Waals surface area contributed by atoms with E-state index in [-0.39, 0.29) is 29.0 Å². The number of hydrogen-bond donors (Lipinski definition) is 3. The summed E-state index contributed by atoms with van der Waals surface area (Å²) in [6, 6.07) is 11.6. The first-order chi connectivity index (χ1) is 27.9. The van der Waals surface area contributed by atoms with Gasteiger partial charge in [-0.1, -0.05) is 18.5 Å². The van der Waals surface area contributed by atoms with Crippen LogP contribution in [0.1, 0.15) is 76.6 Å². The quantitative estimate of drug-likeness (QED) is 0.130. The molecule has 3 aliphatic rings. The maximum absolute atomic E-state index is 13.7. The molecule has 13 nitrogen and oxygen atoms in total. The molecule has 312 valence electrons. The number of piperidine rings is 2. The Morgan fingerprint density at radius 2 is 1.81 bits per heavy atom. The molecule has 0 radical (unpaired) electrons. The highest BCUT2D eigenvalue weighted by atomic mass is 35.5. The summed E-state index contributed by atoms with van der Waals surface area (Å²) in [6.45, 7) is 9.01. The number of rotatable bonds is 12. The number of halogens is 4. The van der Waals surface area contributed by atoms with Gasteiger partial charge in [0, 0.05) is 28.5 Å². The Balaban J connectivity index is 1.02. The molecule has 2 aromatic carbocycles. The smallest absolute Gasteiger partial charge is 0.419 e. The van der Waals surface area contributed by atoms with Crippen LogP contribution < -0.4 is 30.5 Å². The molecule has 3 fully saturated rings. The highest BCUT2D eigenvalue weighted by molar-refractivity contribution is 7.81. The molecule has 1 unspecified atom stereocenters. The molecule has 0 bridgehead atoms. The number of anilines is 4. The lowest BCUT2D eigenvalue weighted by molar-refractivity contribution is -0.138. The van der Waals surface area contributed by atoms with Gasteiger partial charge in [0.2, 0.25) is 17.7 Å². The molecule has 3 saturated heterocycles. The number of alkyl halides is 3. The number of aromatic nitrogens is 1. The minimum atomic E-state index is -4.86. The summed E-state index contributed by atoms with van der Waals surface area (Å²) in [5, 5.41) is 17.9. The van der Waals surface area contributed by atoms with E-state index in [1.165, 1.54) is 6.07 Å². The zero-order valence-corrected chi connectivity index (χ0v) is 34.5. The van der Waals surface area contributed by atoms with Crippen LogP contribution in [0.2, 0.25) is 5.02 Å². The Labute approximate surface area is 350 Å². The number of likely N-dealkylation sites (tertiary alicyclic amines) is 1. The summed E-state index contributed by atoms with van der Waals surface area (Å²) in [7, 11) is 0. The second kappa shape index (κ2) is 17.5. The number of benzene rings is 2. The van der Waals surface area contributed by atoms with Gasteiger partial charge in [0.25, 0.3) is 5.91 Å². The van der Waals surface area contributed by atoms with Gasteiger partial charge in [-0.3, -0.25) is 34.3 Å². The number of nitrogens with one attached hydrogen (secondary N) is 3. The van der Waals surface area contributed by atoms with Crippen LogP contribution in [0.25, 0.3) is 0 Å². The number of thiocarbonyl (C=S) groups is 1. The average molecular weight is 853 g/mol. The van der Waals surface area contributed by atoms with Gasteiger partial charge in [0.05, 0.1) is 30.1 Å². The minimum absolute atomic E-state index is 0.0218. The fourth-order valence-corrected chi connectivity index (χ4v) is 8.37. The molecule has 1 aromatic heterocycles. The number of carbonyl (C=O) groups excluding carboxylic acids is 4. The molecule has 0 spiro atoms. The van der Waals surface area contributed by atoms with Gasteiger partial charge < -0.3 is 20.3 Å². The maximum Gasteiger partial charge on any atom is 0.419 e. The molecule has 59 heavy (non-hydrogen) atoms. The highest BCUT2D eigenvalue weighted by Crippen LogP contribution is 2.40. The van der Waals surface area contributed by atoms with E-state index in [1.807, 2.05) is 26.0 Å². The van der Waals surface area contributed by atoms with Crippen molar-refractivity contribution in [1.29, 1.82) is 5.26 Å². The number of hydrogen-bond acceptors (Lipinski definition) is 10. The maximum atomic E-state index is 13.7. The summed E-state index contributed by atoms with van der Waals surface area (Å²) in [6.07, 6.45) is -0.0784. The largest absolute Gasteiger partial charge is 0.493 e. The second-order valence-electron chi connectivity index (χ2n) is 15.3. The molecular weight excluding hydrogens is 809 g/mol. The monoisotopic (exact) mass is 852 g/mol. The summed E-state index contributed by atoms with van der Waals surface area (Å²) >= 11 is 12.0. The minimum Gasteiger partial charge on any atom is -0.493 e. The third-order valence-corrected chi connectivity index (χ3v) is 11.6. The van der Waals surface area contributed by atoms with E-state index in [0.29, 0.717) is 53.2 Å². The van der Waals surface area contributed by atoms with Crippen LogP contribution in [0.3, 0.4) is 0 Å². The normalized spacial score (nSPS) is 19.3. The number of carbonyl (C=O) groups is 4. The van der Waals surface area contributed by atoms with Gasteiger partial charge in [0.15, 0.2) is 10.8 Å². The fraction of sp³-hybridized carbons (Fsp3) is 0.439. The number of nitrogens with zero attached hydrogens (tertiary/aromatic N) is 5. The van der Waals surface area contributed by atoms with Crippen LogP contribution in [-0.2, 0) is 31.8 Å². The van der Waals surface area contributed by atoms with E-state index >= 15 is 0 Å². The summed E-state index contributed by atoms with van der Waals surface area (Å²) in [5.74, 6) is -0.388. The van der Waals surface area contributed by atoms with Crippen molar-refractivity contribution in [1.82, 2.24) is 15.2 Å². The SMILES string of the molecule is CCc1cc(N2C(=S)N(c3cnc(C#N)c(C(F)(F)F)c3)C(=O)C2(C)C)ccc1OCCC1CCN([C@@H](C)C(=O)Nc2cc(Cl)cc(NC3CCC(=O)NC3=O)c2)CC1. The molecule has 3 aromatic rings. The molecular formula is C41H44ClF3N8O5S. The third-order valence-electron chi connectivity index (χ3n) is 11.0. The number of nitriles is 1. The first kappa shape index (κ1) is 43.3. The van der Waals surface area contributed by atoms with Crippen molar-refractivity contribution in [3.05, 3.63) is 70.5 Å². The van der Waals surface area contributed by atoms with Crippen LogP contribution in [-0.4, -0.2) is 75.9 Å². The van der Waals surface area contributed by atoms with Gasteiger partial charge in [-0.2, -0.15) is 18.4 Å². The van der Waals surface area contributed by atoms with Gasteiger partial charge in [0.1, 0.15) is 23.4 Å². The van der Waals surface area contributed by atoms with Crippen LogP contribution in [0.5, 0.6) is 5.75 Å². The van der Waals surface area contributed by atoms with Crippen LogP contribution in [0.4, 0.5) is 35.9 Å². The van der Waals surface area contributed by atoms with Gasteiger partial charge in [-0.25, -0.2) is 4.98 Å². The average Bonchev–Trinajstić information content (AvgIpc) is 3.36. The fourth-order valence-electron chi connectivity index (χ4n) is 7.61. The molecule has 0 saturated carbocycles. The van der Waals surface area contributed by atoms with E-state index in [2.05, 4.69) is 25.8 Å². The first-order valence-corrected chi connectivity index (χ1v) is 20.1. The molecule has 18 heteroatoms. The Kier molecular flexibility index (Phi) is 12.8. The number of ether oxygens (including phenoxy) is 1. The number of imide groups is 1. The van der Waals surface area contributed by atoms with E-state index in [9.17, 15) is 37.6 Å². The number of pyridine rings is 1. The van der Waals surface area contributed by atoms with E-state index < -0.39 is 46.9 Å². The standard InChI is InChI=1S/C41H44ClF3N8O5S/c1-5-25-16-29(53-39(59)52(38(57)40(53,3)4)30-20-31(41(43,44)45)33(21-46)47-22-30)6-8-34(25)58-15-12-24-10-13-51(14-11-24)23(2)36(55)49-28-18-26(42)17-27(19-28)48-32-7-9-35(54)50-37(32)56/h6,8,16-20,22-24,32,48H,5,7,9-15H2,1-4H3,(H,49,55)(H,50,54,56)/t23-,32?/m0/s1. The van der Waals surface area contributed by atoms with Gasteiger partial charge in [-0.05, 0) is 132 Å². The zero-order chi connectivity index (χ0) is 42.8. The van der Waals surface area contributed by atoms with Crippen LogP contribution >= 0.6 is 23.8 Å². The lowest BCUT2D eigenvalue weighted by Gasteiger charge is -2.35. The van der Waals surface area contributed by atoms with Crippen molar-refractivity contribution < 1.29 is 37.1 Å². The number of aryl methyl sites for hydroxylation is 1. The molecule has 6 rings (SSSR count). The molecule has 4 heterocycles. The molecule has 3 aliphatic heterocycles. The van der Waals surface area contributed by atoms with Gasteiger partial charge in [-0.15, -0.1) is 0 Å². The van der Waals surface area contributed by atoms with Crippen molar-refractivity contribution in [3.63, 3.8) is 0 Å². The van der Waals surface area contributed by atoms with Crippen molar-refractivity contribution in [2.24, 2.45) is 5.92 Å². The Hall–Kier alpha value is -5.31. The molecule has 4 amide bonds. The predicted molar refractivity (Wildman–Crippen MR) is 220 cm³/mol.